The number of hydrogen-bond donors (Lipinski definition) is 2. The Morgan fingerprint density at radius 1 is 0.833 bits per heavy atom. The third-order valence-electron chi connectivity index (χ3n) is 3.14. The Morgan fingerprint density at radius 2 is 1.39 bits per heavy atom. The van der Waals surface area contributed by atoms with Gasteiger partial charge in [-0.3, -0.25) is 4.79 Å². The summed E-state index contributed by atoms with van der Waals surface area (Å²) in [4.78, 5) is 11.3. The van der Waals surface area contributed by atoms with Crippen LogP contribution < -0.4 is 11.5 Å². The van der Waals surface area contributed by atoms with Crippen LogP contribution >= 0.6 is 0 Å². The fourth-order valence-electron chi connectivity index (χ4n) is 2.22. The second-order valence-corrected chi connectivity index (χ2v) is 4.35. The minimum absolute atomic E-state index is 0.373. The van der Waals surface area contributed by atoms with Gasteiger partial charge in [-0.15, -0.1) is 0 Å². The maximum atomic E-state index is 11.3. The molecule has 4 N–H and O–H groups in total. The highest BCUT2D eigenvalue weighted by Gasteiger charge is 2.08. The molecule has 0 saturated heterocycles. The lowest BCUT2D eigenvalue weighted by atomic mass is 10.0. The Labute approximate surface area is 104 Å². The van der Waals surface area contributed by atoms with Crippen LogP contribution in [0.15, 0.2) is 48.5 Å². The van der Waals surface area contributed by atoms with Crippen molar-refractivity contribution in [2.24, 2.45) is 5.73 Å². The Balaban J connectivity index is 2.40. The van der Waals surface area contributed by atoms with Crippen molar-refractivity contribution in [2.75, 3.05) is 5.73 Å². The molecule has 88 valence electrons. The molecule has 0 bridgehead atoms. The van der Waals surface area contributed by atoms with E-state index in [1.165, 1.54) is 0 Å². The molecule has 0 aliphatic rings. The molecule has 3 aromatic rings. The minimum Gasteiger partial charge on any atom is -0.398 e. The summed E-state index contributed by atoms with van der Waals surface area (Å²) in [5, 5.41) is 4.26. The van der Waals surface area contributed by atoms with E-state index in [1.807, 2.05) is 30.3 Å². The van der Waals surface area contributed by atoms with Gasteiger partial charge in [0.25, 0.3) is 5.91 Å². The standard InChI is InChI=1S/C15H12N2O/c16-14-8-12-6-10-4-2-1-3-9(10)5-11(12)7-13(14)15(17)18/h1-8H,16H2,(H2,17,18). The summed E-state index contributed by atoms with van der Waals surface area (Å²) in [5.74, 6) is -0.498. The highest BCUT2D eigenvalue weighted by Crippen LogP contribution is 2.26. The van der Waals surface area contributed by atoms with Gasteiger partial charge in [-0.1, -0.05) is 24.3 Å². The van der Waals surface area contributed by atoms with Crippen molar-refractivity contribution < 1.29 is 4.79 Å². The number of hydrogen-bond acceptors (Lipinski definition) is 2. The number of carbonyl (C=O) groups is 1. The zero-order valence-electron chi connectivity index (χ0n) is 9.68. The molecule has 1 amide bonds. The van der Waals surface area contributed by atoms with E-state index in [0.29, 0.717) is 11.3 Å². The van der Waals surface area contributed by atoms with E-state index in [0.717, 1.165) is 21.5 Å². The van der Waals surface area contributed by atoms with Crippen LogP contribution in [0.2, 0.25) is 0 Å². The Kier molecular flexibility index (Phi) is 2.20. The van der Waals surface area contributed by atoms with E-state index in [2.05, 4.69) is 6.07 Å². The van der Waals surface area contributed by atoms with Gasteiger partial charge in [0.05, 0.1) is 5.56 Å². The van der Waals surface area contributed by atoms with Crippen molar-refractivity contribution in [3.05, 3.63) is 54.1 Å². The third-order valence-corrected chi connectivity index (χ3v) is 3.14. The third kappa shape index (κ3) is 1.57. The maximum absolute atomic E-state index is 11.3. The van der Waals surface area contributed by atoms with E-state index < -0.39 is 5.91 Å². The Bertz CT molecular complexity index is 778. The van der Waals surface area contributed by atoms with Crippen LogP contribution in [-0.2, 0) is 0 Å². The average molecular weight is 236 g/mol. The molecular weight excluding hydrogens is 224 g/mol. The largest absolute Gasteiger partial charge is 0.398 e. The summed E-state index contributed by atoms with van der Waals surface area (Å²) in [6.07, 6.45) is 0. The van der Waals surface area contributed by atoms with Crippen LogP contribution in [0, 0.1) is 0 Å². The van der Waals surface area contributed by atoms with E-state index in [4.69, 9.17) is 11.5 Å². The first-order chi connectivity index (χ1) is 8.65. The summed E-state index contributed by atoms with van der Waals surface area (Å²) in [5.41, 5.74) is 11.9. The van der Waals surface area contributed by atoms with Crippen molar-refractivity contribution in [1.29, 1.82) is 0 Å². The van der Waals surface area contributed by atoms with Gasteiger partial charge < -0.3 is 11.5 Å². The van der Waals surface area contributed by atoms with Crippen LogP contribution in [0.25, 0.3) is 21.5 Å². The van der Waals surface area contributed by atoms with Crippen molar-refractivity contribution in [3.8, 4) is 0 Å². The fourth-order valence-corrected chi connectivity index (χ4v) is 2.22. The summed E-state index contributed by atoms with van der Waals surface area (Å²) >= 11 is 0. The van der Waals surface area contributed by atoms with Gasteiger partial charge in [0, 0.05) is 5.69 Å². The molecule has 0 aliphatic carbocycles. The van der Waals surface area contributed by atoms with Gasteiger partial charge in [-0.2, -0.15) is 0 Å². The molecule has 0 aromatic heterocycles. The SMILES string of the molecule is NC(=O)c1cc2cc3ccccc3cc2cc1N. The van der Waals surface area contributed by atoms with Gasteiger partial charge in [0.15, 0.2) is 0 Å². The number of amides is 1. The first kappa shape index (κ1) is 10.6. The molecule has 0 heterocycles. The molecule has 0 atom stereocenters. The van der Waals surface area contributed by atoms with Crippen molar-refractivity contribution >= 4 is 33.1 Å². The Morgan fingerprint density at radius 3 is 1.94 bits per heavy atom. The molecule has 0 fully saturated rings. The summed E-state index contributed by atoms with van der Waals surface area (Å²) in [6.45, 7) is 0. The molecular formula is C15H12N2O. The molecule has 3 rings (SSSR count). The smallest absolute Gasteiger partial charge is 0.250 e. The number of primary amides is 1. The number of benzene rings is 3. The van der Waals surface area contributed by atoms with Gasteiger partial charge >= 0.3 is 0 Å². The lowest BCUT2D eigenvalue weighted by Gasteiger charge is -2.06. The molecule has 18 heavy (non-hydrogen) atoms. The molecule has 3 nitrogen and oxygen atoms in total. The van der Waals surface area contributed by atoms with E-state index in [-0.39, 0.29) is 0 Å². The molecule has 3 heteroatoms. The van der Waals surface area contributed by atoms with Crippen molar-refractivity contribution in [3.63, 3.8) is 0 Å². The molecule has 0 spiro atoms. The van der Waals surface area contributed by atoms with E-state index in [9.17, 15) is 4.79 Å². The van der Waals surface area contributed by atoms with Gasteiger partial charge in [-0.25, -0.2) is 0 Å². The number of nitrogen functional groups attached to an aromatic ring is 1. The quantitative estimate of drug-likeness (QED) is 0.503. The van der Waals surface area contributed by atoms with Crippen LogP contribution in [-0.4, -0.2) is 5.91 Å². The summed E-state index contributed by atoms with van der Waals surface area (Å²) < 4.78 is 0. The normalized spacial score (nSPS) is 10.9. The molecule has 0 saturated carbocycles. The van der Waals surface area contributed by atoms with Crippen LogP contribution in [0.3, 0.4) is 0 Å². The van der Waals surface area contributed by atoms with Gasteiger partial charge in [0.2, 0.25) is 0 Å². The monoisotopic (exact) mass is 236 g/mol. The van der Waals surface area contributed by atoms with Crippen molar-refractivity contribution in [1.82, 2.24) is 0 Å². The zero-order valence-corrected chi connectivity index (χ0v) is 9.68. The number of nitrogens with two attached hydrogens (primary N) is 2. The molecule has 0 aliphatic heterocycles. The van der Waals surface area contributed by atoms with Gasteiger partial charge in [-0.05, 0) is 45.8 Å². The topological polar surface area (TPSA) is 69.1 Å². The van der Waals surface area contributed by atoms with Crippen molar-refractivity contribution in [2.45, 2.75) is 0 Å². The number of fused-ring (bicyclic) bond motifs is 2. The molecule has 0 radical (unpaired) electrons. The highest BCUT2D eigenvalue weighted by molar-refractivity contribution is 6.06. The predicted molar refractivity (Wildman–Crippen MR) is 74.4 cm³/mol. The lowest BCUT2D eigenvalue weighted by Crippen LogP contribution is -2.13. The summed E-state index contributed by atoms with van der Waals surface area (Å²) in [7, 11) is 0. The van der Waals surface area contributed by atoms with Crippen LogP contribution in [0.4, 0.5) is 5.69 Å². The molecule has 3 aromatic carbocycles. The minimum atomic E-state index is -0.498. The van der Waals surface area contributed by atoms with Crippen LogP contribution in [0.5, 0.6) is 0 Å². The van der Waals surface area contributed by atoms with E-state index >= 15 is 0 Å². The van der Waals surface area contributed by atoms with Gasteiger partial charge in [0.1, 0.15) is 0 Å². The Hall–Kier alpha value is -2.55. The first-order valence-electron chi connectivity index (χ1n) is 5.67. The number of carbonyl (C=O) groups excluding carboxylic acids is 1. The lowest BCUT2D eigenvalue weighted by molar-refractivity contribution is 0.100. The maximum Gasteiger partial charge on any atom is 0.250 e. The predicted octanol–water partition coefficient (Wildman–Crippen LogP) is 2.67. The zero-order chi connectivity index (χ0) is 12.7. The van der Waals surface area contributed by atoms with Crippen LogP contribution in [0.1, 0.15) is 10.4 Å². The fraction of sp³-hybridized carbons (Fsp3) is 0. The second-order valence-electron chi connectivity index (χ2n) is 4.35. The number of anilines is 1. The average Bonchev–Trinajstić information content (AvgIpc) is 2.35. The van der Waals surface area contributed by atoms with E-state index in [1.54, 1.807) is 12.1 Å². The first-order valence-corrected chi connectivity index (χ1v) is 5.67. The molecule has 0 unspecified atom stereocenters. The highest BCUT2D eigenvalue weighted by atomic mass is 16.1. The second kappa shape index (κ2) is 3.74. The summed E-state index contributed by atoms with van der Waals surface area (Å²) in [6, 6.07) is 15.7. The number of rotatable bonds is 1.